The largest absolute Gasteiger partial charge is 0.388 e. The van der Waals surface area contributed by atoms with Gasteiger partial charge in [-0.15, -0.1) is 0 Å². The van der Waals surface area contributed by atoms with Crippen molar-refractivity contribution in [3.05, 3.63) is 34.9 Å². The number of rotatable bonds is 5. The highest BCUT2D eigenvalue weighted by Crippen LogP contribution is 2.20. The summed E-state index contributed by atoms with van der Waals surface area (Å²) in [5.74, 6) is -0.313. The minimum atomic E-state index is -1.11. The fourth-order valence-corrected chi connectivity index (χ4v) is 1.85. The van der Waals surface area contributed by atoms with Crippen LogP contribution in [0.5, 0.6) is 0 Å². The molecule has 0 aliphatic heterocycles. The highest BCUT2D eigenvalue weighted by atomic mass is 16.3. The number of benzene rings is 1. The predicted molar refractivity (Wildman–Crippen MR) is 70.8 cm³/mol. The van der Waals surface area contributed by atoms with Gasteiger partial charge in [0.1, 0.15) is 12.2 Å². The molecule has 3 N–H and O–H groups in total. The minimum absolute atomic E-state index is 0.0238. The number of aliphatic hydroxyl groups is 2. The molecule has 0 aliphatic rings. The molecule has 0 radical (unpaired) electrons. The number of amides is 1. The second-order valence-corrected chi connectivity index (χ2v) is 4.58. The number of carbonyl (C=O) groups is 2. The summed E-state index contributed by atoms with van der Waals surface area (Å²) in [6, 6.07) is 4.89. The highest BCUT2D eigenvalue weighted by molar-refractivity contribution is 5.95. The number of ketones is 1. The van der Waals surface area contributed by atoms with Crippen LogP contribution in [0, 0.1) is 6.92 Å². The van der Waals surface area contributed by atoms with Crippen LogP contribution in [0.3, 0.4) is 0 Å². The monoisotopic (exact) mass is 265 g/mol. The molecule has 0 fully saturated rings. The van der Waals surface area contributed by atoms with Crippen LogP contribution in [0.4, 0.5) is 0 Å². The van der Waals surface area contributed by atoms with Crippen LogP contribution in [-0.4, -0.2) is 34.6 Å². The summed E-state index contributed by atoms with van der Waals surface area (Å²) in [5.41, 5.74) is 1.85. The second kappa shape index (κ2) is 6.45. The Labute approximate surface area is 112 Å². The summed E-state index contributed by atoms with van der Waals surface area (Å²) in [4.78, 5) is 22.0. The summed E-state index contributed by atoms with van der Waals surface area (Å²) < 4.78 is 0. The maximum absolute atomic E-state index is 11.3. The van der Waals surface area contributed by atoms with Gasteiger partial charge in [-0.1, -0.05) is 18.2 Å². The second-order valence-electron chi connectivity index (χ2n) is 4.58. The number of nitrogens with one attached hydrogen (secondary N) is 1. The molecule has 1 aromatic carbocycles. The van der Waals surface area contributed by atoms with E-state index in [1.165, 1.54) is 13.8 Å². The van der Waals surface area contributed by atoms with Crippen molar-refractivity contribution >= 4 is 11.7 Å². The lowest BCUT2D eigenvalue weighted by Gasteiger charge is -2.19. The number of hydrogen-bond acceptors (Lipinski definition) is 4. The Morgan fingerprint density at radius 3 is 2.37 bits per heavy atom. The van der Waals surface area contributed by atoms with Crippen LogP contribution >= 0.6 is 0 Å². The Hall–Kier alpha value is -1.72. The smallest absolute Gasteiger partial charge is 0.216 e. The van der Waals surface area contributed by atoms with Crippen molar-refractivity contribution in [2.75, 3.05) is 6.54 Å². The van der Waals surface area contributed by atoms with Crippen LogP contribution in [0.15, 0.2) is 18.2 Å². The van der Waals surface area contributed by atoms with E-state index in [-0.39, 0.29) is 18.2 Å². The molecule has 5 nitrogen and oxygen atoms in total. The molecule has 104 valence electrons. The van der Waals surface area contributed by atoms with E-state index >= 15 is 0 Å². The zero-order chi connectivity index (χ0) is 14.6. The molecule has 1 amide bonds. The van der Waals surface area contributed by atoms with Crippen molar-refractivity contribution < 1.29 is 19.8 Å². The van der Waals surface area contributed by atoms with Crippen LogP contribution in [0.25, 0.3) is 0 Å². The normalized spacial score (nSPS) is 13.7. The van der Waals surface area contributed by atoms with Crippen molar-refractivity contribution in [3.8, 4) is 0 Å². The third-order valence-electron chi connectivity index (χ3n) is 2.90. The molecule has 0 aliphatic carbocycles. The van der Waals surface area contributed by atoms with E-state index in [1.54, 1.807) is 25.1 Å². The zero-order valence-electron chi connectivity index (χ0n) is 11.3. The molecule has 19 heavy (non-hydrogen) atoms. The third-order valence-corrected chi connectivity index (χ3v) is 2.90. The van der Waals surface area contributed by atoms with Gasteiger partial charge in [0.2, 0.25) is 5.91 Å². The van der Waals surface area contributed by atoms with Gasteiger partial charge in [0.05, 0.1) is 0 Å². The van der Waals surface area contributed by atoms with Crippen LogP contribution in [0.1, 0.15) is 41.4 Å². The number of aliphatic hydroxyl groups excluding tert-OH is 2. The van der Waals surface area contributed by atoms with E-state index in [0.29, 0.717) is 11.1 Å². The SMILES string of the molecule is CC(=O)NCC(O)C(O)c1ccc(C(C)=O)c(C)c1. The van der Waals surface area contributed by atoms with Gasteiger partial charge in [0.15, 0.2) is 5.78 Å². The summed E-state index contributed by atoms with van der Waals surface area (Å²) in [5, 5.41) is 22.2. The van der Waals surface area contributed by atoms with E-state index in [9.17, 15) is 19.8 Å². The lowest BCUT2D eigenvalue weighted by molar-refractivity contribution is -0.119. The topological polar surface area (TPSA) is 86.6 Å². The lowest BCUT2D eigenvalue weighted by atomic mass is 9.97. The molecule has 0 bridgehead atoms. The minimum Gasteiger partial charge on any atom is -0.388 e. The summed E-state index contributed by atoms with van der Waals surface area (Å²) in [6.45, 7) is 4.56. The van der Waals surface area contributed by atoms with Crippen LogP contribution < -0.4 is 5.32 Å². The Bertz CT molecular complexity index is 484. The maximum Gasteiger partial charge on any atom is 0.216 e. The fourth-order valence-electron chi connectivity index (χ4n) is 1.85. The number of Topliss-reactive ketones (excluding diaryl/α,β-unsaturated/α-hetero) is 1. The standard InChI is InChI=1S/C14H19NO4/c1-8-6-11(4-5-12(8)9(2)16)14(19)13(18)7-15-10(3)17/h4-6,13-14,18-19H,7H2,1-3H3,(H,15,17). The van der Waals surface area contributed by atoms with E-state index in [2.05, 4.69) is 5.32 Å². The predicted octanol–water partition coefficient (Wildman–Crippen LogP) is 0.728. The van der Waals surface area contributed by atoms with Crippen molar-refractivity contribution in [2.24, 2.45) is 0 Å². The highest BCUT2D eigenvalue weighted by Gasteiger charge is 2.19. The van der Waals surface area contributed by atoms with Crippen molar-refractivity contribution in [3.63, 3.8) is 0 Å². The first-order valence-corrected chi connectivity index (χ1v) is 6.05. The van der Waals surface area contributed by atoms with E-state index < -0.39 is 12.2 Å². The maximum atomic E-state index is 11.3. The molecule has 0 heterocycles. The van der Waals surface area contributed by atoms with Gasteiger partial charge in [-0.3, -0.25) is 9.59 Å². The van der Waals surface area contributed by atoms with Gasteiger partial charge in [-0.05, 0) is 25.0 Å². The van der Waals surface area contributed by atoms with Gasteiger partial charge < -0.3 is 15.5 Å². The molecule has 2 unspecified atom stereocenters. The molecule has 5 heteroatoms. The van der Waals surface area contributed by atoms with Gasteiger partial charge in [-0.25, -0.2) is 0 Å². The average Bonchev–Trinajstić information content (AvgIpc) is 2.34. The first-order chi connectivity index (χ1) is 8.82. The van der Waals surface area contributed by atoms with Crippen molar-refractivity contribution in [1.29, 1.82) is 0 Å². The zero-order valence-corrected chi connectivity index (χ0v) is 11.3. The Morgan fingerprint density at radius 2 is 1.89 bits per heavy atom. The van der Waals surface area contributed by atoms with Gasteiger partial charge in [0.25, 0.3) is 0 Å². The summed E-state index contributed by atoms with van der Waals surface area (Å²) >= 11 is 0. The van der Waals surface area contributed by atoms with Gasteiger partial charge in [0, 0.05) is 19.0 Å². The fraction of sp³-hybridized carbons (Fsp3) is 0.429. The molecule has 0 spiro atoms. The van der Waals surface area contributed by atoms with Gasteiger partial charge in [-0.2, -0.15) is 0 Å². The Kier molecular flexibility index (Phi) is 5.20. The van der Waals surface area contributed by atoms with Crippen LogP contribution in [-0.2, 0) is 4.79 Å². The number of hydrogen-bond donors (Lipinski definition) is 3. The quantitative estimate of drug-likeness (QED) is 0.685. The van der Waals surface area contributed by atoms with Crippen molar-refractivity contribution in [2.45, 2.75) is 33.0 Å². The summed E-state index contributed by atoms with van der Waals surface area (Å²) in [7, 11) is 0. The number of aryl methyl sites for hydroxylation is 1. The average molecular weight is 265 g/mol. The Morgan fingerprint density at radius 1 is 1.26 bits per heavy atom. The first-order valence-electron chi connectivity index (χ1n) is 6.05. The summed E-state index contributed by atoms with van der Waals surface area (Å²) in [6.07, 6.45) is -2.20. The number of carbonyl (C=O) groups excluding carboxylic acids is 2. The van der Waals surface area contributed by atoms with Crippen LogP contribution in [0.2, 0.25) is 0 Å². The molecule has 0 saturated carbocycles. The molecular formula is C14H19NO4. The third kappa shape index (κ3) is 4.15. The molecule has 0 aromatic heterocycles. The molecular weight excluding hydrogens is 246 g/mol. The molecule has 1 aromatic rings. The molecule has 2 atom stereocenters. The lowest BCUT2D eigenvalue weighted by Crippen LogP contribution is -2.34. The van der Waals surface area contributed by atoms with Gasteiger partial charge >= 0.3 is 0 Å². The van der Waals surface area contributed by atoms with Crippen molar-refractivity contribution in [1.82, 2.24) is 5.32 Å². The molecule has 1 rings (SSSR count). The van der Waals surface area contributed by atoms with E-state index in [0.717, 1.165) is 5.56 Å². The van der Waals surface area contributed by atoms with E-state index in [4.69, 9.17) is 0 Å². The van der Waals surface area contributed by atoms with E-state index in [1.807, 2.05) is 0 Å². The Balaban J connectivity index is 2.82. The molecule has 0 saturated heterocycles. The first kappa shape index (κ1) is 15.3.